The number of aromatic nitrogens is 2. The van der Waals surface area contributed by atoms with E-state index in [1.165, 1.54) is 0 Å². The lowest BCUT2D eigenvalue weighted by atomic mass is 10.1. The van der Waals surface area contributed by atoms with E-state index < -0.39 is 0 Å². The molecule has 1 aromatic heterocycles. The van der Waals surface area contributed by atoms with Gasteiger partial charge in [-0.15, -0.1) is 11.8 Å². The molecule has 27 heavy (non-hydrogen) atoms. The van der Waals surface area contributed by atoms with Crippen molar-refractivity contribution in [1.29, 1.82) is 0 Å². The van der Waals surface area contributed by atoms with E-state index in [1.54, 1.807) is 43.0 Å². The maximum Gasteiger partial charge on any atom is 0.255 e. The summed E-state index contributed by atoms with van der Waals surface area (Å²) >= 11 is 1.55. The molecule has 0 saturated heterocycles. The normalized spacial score (nSPS) is 12.6. The molecule has 1 aliphatic heterocycles. The molecule has 2 N–H and O–H groups in total. The second kappa shape index (κ2) is 7.24. The number of hydrogen-bond donors (Lipinski definition) is 2. The summed E-state index contributed by atoms with van der Waals surface area (Å²) < 4.78 is 5.08. The quantitative estimate of drug-likeness (QED) is 0.660. The third-order valence-electron chi connectivity index (χ3n) is 4.10. The summed E-state index contributed by atoms with van der Waals surface area (Å²) in [7, 11) is 0. The van der Waals surface area contributed by atoms with E-state index in [4.69, 9.17) is 4.52 Å². The number of fused-ring (bicyclic) bond motifs is 1. The molecule has 4 rings (SSSR count). The highest BCUT2D eigenvalue weighted by molar-refractivity contribution is 7.98. The molecule has 0 aliphatic carbocycles. The predicted octanol–water partition coefficient (Wildman–Crippen LogP) is 3.17. The average Bonchev–Trinajstić information content (AvgIpc) is 3.26. The molecule has 0 radical (unpaired) electrons. The molecule has 0 fully saturated rings. The summed E-state index contributed by atoms with van der Waals surface area (Å²) in [5.74, 6) is 1.42. The van der Waals surface area contributed by atoms with Crippen LogP contribution >= 0.6 is 11.8 Å². The monoisotopic (exact) mass is 380 g/mol. The van der Waals surface area contributed by atoms with Crippen LogP contribution in [0.4, 0.5) is 5.69 Å². The molecule has 0 bridgehead atoms. The van der Waals surface area contributed by atoms with Crippen LogP contribution in [0.1, 0.15) is 38.0 Å². The van der Waals surface area contributed by atoms with E-state index in [0.717, 1.165) is 10.5 Å². The molecule has 136 valence electrons. The van der Waals surface area contributed by atoms with E-state index in [1.807, 2.05) is 18.2 Å². The van der Waals surface area contributed by atoms with Gasteiger partial charge in [0, 0.05) is 28.3 Å². The zero-order valence-corrected chi connectivity index (χ0v) is 15.3. The van der Waals surface area contributed by atoms with Gasteiger partial charge in [-0.1, -0.05) is 11.2 Å². The molecule has 2 heterocycles. The van der Waals surface area contributed by atoms with Gasteiger partial charge in [0.15, 0.2) is 5.82 Å². The minimum absolute atomic E-state index is 0.112. The average molecular weight is 380 g/mol. The Labute approximate surface area is 159 Å². The van der Waals surface area contributed by atoms with Crippen LogP contribution in [0.2, 0.25) is 0 Å². The Morgan fingerprint density at radius 1 is 1.26 bits per heavy atom. The van der Waals surface area contributed by atoms with E-state index in [2.05, 4.69) is 20.8 Å². The van der Waals surface area contributed by atoms with Gasteiger partial charge in [0.25, 0.3) is 11.8 Å². The lowest BCUT2D eigenvalue weighted by Gasteiger charge is -2.07. The van der Waals surface area contributed by atoms with Crippen LogP contribution < -0.4 is 10.6 Å². The Balaban J connectivity index is 1.39. The summed E-state index contributed by atoms with van der Waals surface area (Å²) in [6.07, 6.45) is 0. The predicted molar refractivity (Wildman–Crippen MR) is 101 cm³/mol. The number of benzene rings is 2. The zero-order valence-electron chi connectivity index (χ0n) is 14.5. The molecule has 7 nitrogen and oxygen atoms in total. The maximum absolute atomic E-state index is 12.4. The molecular weight excluding hydrogens is 364 g/mol. The summed E-state index contributed by atoms with van der Waals surface area (Å²) in [4.78, 5) is 29.3. The highest BCUT2D eigenvalue weighted by Gasteiger charge is 2.19. The summed E-state index contributed by atoms with van der Waals surface area (Å²) in [6, 6.07) is 12.6. The first-order valence-corrected chi connectivity index (χ1v) is 9.31. The van der Waals surface area contributed by atoms with Crippen LogP contribution in [0.15, 0.2) is 51.9 Å². The van der Waals surface area contributed by atoms with Crippen molar-refractivity contribution in [2.24, 2.45) is 0 Å². The molecule has 2 amide bonds. The molecular formula is C19H16N4O3S. The van der Waals surface area contributed by atoms with Gasteiger partial charge in [0.2, 0.25) is 5.89 Å². The van der Waals surface area contributed by atoms with Crippen LogP contribution in [0.3, 0.4) is 0 Å². The number of anilines is 1. The Bertz CT molecular complexity index is 1010. The fourth-order valence-electron chi connectivity index (χ4n) is 2.74. The van der Waals surface area contributed by atoms with Crippen molar-refractivity contribution >= 4 is 29.3 Å². The number of carbonyl (C=O) groups excluding carboxylic acids is 2. The van der Waals surface area contributed by atoms with Crippen LogP contribution in [-0.2, 0) is 12.3 Å². The molecule has 8 heteroatoms. The topological polar surface area (TPSA) is 97.1 Å². The van der Waals surface area contributed by atoms with E-state index >= 15 is 0 Å². The van der Waals surface area contributed by atoms with Crippen LogP contribution in [0.25, 0.3) is 0 Å². The number of rotatable bonds is 5. The van der Waals surface area contributed by atoms with Crippen molar-refractivity contribution in [3.63, 3.8) is 0 Å². The van der Waals surface area contributed by atoms with Crippen LogP contribution in [0.5, 0.6) is 0 Å². The van der Waals surface area contributed by atoms with Gasteiger partial charge in [-0.2, -0.15) is 4.98 Å². The van der Waals surface area contributed by atoms with Gasteiger partial charge in [0.1, 0.15) is 0 Å². The Hall–Kier alpha value is -3.13. The SMILES string of the molecule is Cc1noc(CSc2ccc(C(=O)Nc3ccc4c(c3)C(=O)NC4)cc2)n1. The van der Waals surface area contributed by atoms with Gasteiger partial charge in [-0.25, -0.2) is 0 Å². The Morgan fingerprint density at radius 3 is 2.81 bits per heavy atom. The first-order valence-electron chi connectivity index (χ1n) is 8.33. The van der Waals surface area contributed by atoms with E-state index in [9.17, 15) is 9.59 Å². The summed E-state index contributed by atoms with van der Waals surface area (Å²) in [5.41, 5.74) is 2.69. The minimum atomic E-state index is -0.225. The van der Waals surface area contributed by atoms with Gasteiger partial charge >= 0.3 is 0 Å². The molecule has 0 spiro atoms. The van der Waals surface area contributed by atoms with Crippen LogP contribution in [-0.4, -0.2) is 22.0 Å². The highest BCUT2D eigenvalue weighted by Crippen LogP contribution is 2.23. The lowest BCUT2D eigenvalue weighted by molar-refractivity contribution is 0.0964. The first-order chi connectivity index (χ1) is 13.1. The Kier molecular flexibility index (Phi) is 4.64. The van der Waals surface area contributed by atoms with E-state index in [0.29, 0.717) is 40.8 Å². The maximum atomic E-state index is 12.4. The number of amides is 2. The zero-order chi connectivity index (χ0) is 18.8. The fourth-order valence-corrected chi connectivity index (χ4v) is 3.48. The van der Waals surface area contributed by atoms with Gasteiger partial charge in [-0.3, -0.25) is 9.59 Å². The standard InChI is InChI=1S/C19H16N4O3S/c1-11-21-17(26-23-11)10-27-15-6-3-12(4-7-15)18(24)22-14-5-2-13-9-20-19(25)16(13)8-14/h2-8H,9-10H2,1H3,(H,20,25)(H,22,24). The molecule has 0 saturated carbocycles. The number of aryl methyl sites for hydroxylation is 1. The first kappa shape index (κ1) is 17.3. The Morgan fingerprint density at radius 2 is 2.07 bits per heavy atom. The highest BCUT2D eigenvalue weighted by atomic mass is 32.2. The second-order valence-corrected chi connectivity index (χ2v) is 7.11. The van der Waals surface area contributed by atoms with Crippen LogP contribution in [0, 0.1) is 6.92 Å². The van der Waals surface area contributed by atoms with Crippen molar-refractivity contribution in [3.8, 4) is 0 Å². The molecule has 0 unspecified atom stereocenters. The summed E-state index contributed by atoms with van der Waals surface area (Å²) in [6.45, 7) is 2.31. The largest absolute Gasteiger partial charge is 0.348 e. The minimum Gasteiger partial charge on any atom is -0.348 e. The molecule has 0 atom stereocenters. The number of nitrogens with one attached hydrogen (secondary N) is 2. The van der Waals surface area contributed by atoms with Crippen molar-refractivity contribution in [1.82, 2.24) is 15.5 Å². The van der Waals surface area contributed by atoms with E-state index in [-0.39, 0.29) is 11.8 Å². The summed E-state index contributed by atoms with van der Waals surface area (Å²) in [5, 5.41) is 9.34. The van der Waals surface area contributed by atoms with Crippen molar-refractivity contribution in [2.45, 2.75) is 24.1 Å². The van der Waals surface area contributed by atoms with Gasteiger partial charge in [0.05, 0.1) is 5.75 Å². The third-order valence-corrected chi connectivity index (χ3v) is 5.10. The second-order valence-electron chi connectivity index (χ2n) is 6.06. The molecule has 1 aliphatic rings. The van der Waals surface area contributed by atoms with Gasteiger partial charge in [-0.05, 0) is 48.9 Å². The van der Waals surface area contributed by atoms with Crippen molar-refractivity contribution in [2.75, 3.05) is 5.32 Å². The number of carbonyl (C=O) groups is 2. The molecule has 3 aromatic rings. The number of nitrogens with zero attached hydrogens (tertiary/aromatic N) is 2. The molecule has 2 aromatic carbocycles. The number of thioether (sulfide) groups is 1. The van der Waals surface area contributed by atoms with Gasteiger partial charge < -0.3 is 15.2 Å². The van der Waals surface area contributed by atoms with Crippen molar-refractivity contribution < 1.29 is 14.1 Å². The smallest absolute Gasteiger partial charge is 0.255 e. The number of hydrogen-bond acceptors (Lipinski definition) is 6. The van der Waals surface area contributed by atoms with Crippen molar-refractivity contribution in [3.05, 3.63) is 70.9 Å². The fraction of sp³-hybridized carbons (Fsp3) is 0.158. The third kappa shape index (κ3) is 3.85. The lowest BCUT2D eigenvalue weighted by Crippen LogP contribution is -2.13.